The number of pyridine rings is 1. The number of amides is 1. The Kier molecular flexibility index (Phi) is 3.77. The van der Waals surface area contributed by atoms with E-state index in [1.54, 1.807) is 30.5 Å². The van der Waals surface area contributed by atoms with Crippen LogP contribution in [0.15, 0.2) is 41.4 Å². The fraction of sp³-hybridized carbons (Fsp3) is 0.0909. The van der Waals surface area contributed by atoms with Crippen molar-refractivity contribution in [3.63, 3.8) is 0 Å². The smallest absolute Gasteiger partial charge is 0.270 e. The van der Waals surface area contributed by atoms with E-state index in [2.05, 4.69) is 36.2 Å². The Morgan fingerprint density at radius 1 is 1.35 bits per heavy atom. The molecule has 1 amide bonds. The molecule has 0 saturated heterocycles. The van der Waals surface area contributed by atoms with Crippen molar-refractivity contribution >= 4 is 21.8 Å². The summed E-state index contributed by atoms with van der Waals surface area (Å²) in [6.45, 7) is 0.357. The summed E-state index contributed by atoms with van der Waals surface area (Å²) in [5.41, 5.74) is 1.12. The van der Waals surface area contributed by atoms with Gasteiger partial charge in [-0.3, -0.25) is 4.79 Å². The van der Waals surface area contributed by atoms with Gasteiger partial charge in [0.15, 0.2) is 0 Å². The number of nitrogens with zero attached hydrogens (tertiary/aromatic N) is 3. The summed E-state index contributed by atoms with van der Waals surface area (Å²) in [5, 5.41) is 2.73. The van der Waals surface area contributed by atoms with Gasteiger partial charge in [0.25, 0.3) is 5.91 Å². The molecule has 0 unspecified atom stereocenters. The van der Waals surface area contributed by atoms with Crippen LogP contribution in [0.4, 0.5) is 0 Å². The van der Waals surface area contributed by atoms with Gasteiger partial charge in [-0.05, 0) is 34.1 Å². The molecule has 1 N–H and O–H groups in total. The second-order valence-electron chi connectivity index (χ2n) is 3.23. The molecule has 0 atom stereocenters. The number of carbonyl (C=O) groups excluding carboxylic acids is 1. The normalized spacial score (nSPS) is 9.94. The minimum absolute atomic E-state index is 0.232. The molecule has 5 nitrogen and oxygen atoms in total. The lowest BCUT2D eigenvalue weighted by Gasteiger charge is -2.03. The van der Waals surface area contributed by atoms with Crippen molar-refractivity contribution in [3.8, 4) is 0 Å². The molecule has 0 aliphatic carbocycles. The quantitative estimate of drug-likeness (QED) is 0.872. The Labute approximate surface area is 106 Å². The lowest BCUT2D eigenvalue weighted by atomic mass is 10.3. The number of hydrogen-bond donors (Lipinski definition) is 1. The first kappa shape index (κ1) is 11.7. The average molecular weight is 293 g/mol. The molecule has 0 aliphatic heterocycles. The zero-order valence-corrected chi connectivity index (χ0v) is 10.4. The third kappa shape index (κ3) is 3.32. The van der Waals surface area contributed by atoms with Crippen LogP contribution in [0.1, 0.15) is 16.2 Å². The zero-order chi connectivity index (χ0) is 12.1. The molecule has 0 aromatic carbocycles. The number of rotatable bonds is 3. The Bertz CT molecular complexity index is 518. The van der Waals surface area contributed by atoms with E-state index < -0.39 is 0 Å². The summed E-state index contributed by atoms with van der Waals surface area (Å²) in [5.74, 6) is -0.232. The topological polar surface area (TPSA) is 67.8 Å². The van der Waals surface area contributed by atoms with Crippen molar-refractivity contribution in [1.29, 1.82) is 0 Å². The van der Waals surface area contributed by atoms with Gasteiger partial charge >= 0.3 is 0 Å². The largest absolute Gasteiger partial charge is 0.345 e. The maximum absolute atomic E-state index is 11.7. The second kappa shape index (κ2) is 5.49. The molecule has 0 spiro atoms. The summed E-state index contributed by atoms with van der Waals surface area (Å²) in [6.07, 6.45) is 3.07. The standard InChI is InChI=1S/C11H9BrN4O/c12-10-3-1-2-9(16-10)11(17)14-6-8-4-5-13-7-15-8/h1-5,7H,6H2,(H,14,17). The molecule has 0 radical (unpaired) electrons. The summed E-state index contributed by atoms with van der Waals surface area (Å²) in [7, 11) is 0. The number of nitrogens with one attached hydrogen (secondary N) is 1. The molecule has 0 fully saturated rings. The van der Waals surface area contributed by atoms with Crippen molar-refractivity contribution in [3.05, 3.63) is 52.8 Å². The fourth-order valence-corrected chi connectivity index (χ4v) is 1.56. The van der Waals surface area contributed by atoms with Gasteiger partial charge in [0.1, 0.15) is 16.6 Å². The van der Waals surface area contributed by atoms with Gasteiger partial charge in [-0.15, -0.1) is 0 Å². The molecule has 0 saturated carbocycles. The van der Waals surface area contributed by atoms with E-state index in [0.29, 0.717) is 16.8 Å². The van der Waals surface area contributed by atoms with Crippen LogP contribution in [0.3, 0.4) is 0 Å². The molecular formula is C11H9BrN4O. The molecule has 17 heavy (non-hydrogen) atoms. The first-order valence-electron chi connectivity index (χ1n) is 4.91. The van der Waals surface area contributed by atoms with Crippen LogP contribution in [0.2, 0.25) is 0 Å². The molecule has 0 bridgehead atoms. The van der Waals surface area contributed by atoms with E-state index >= 15 is 0 Å². The number of hydrogen-bond acceptors (Lipinski definition) is 4. The highest BCUT2D eigenvalue weighted by atomic mass is 79.9. The minimum Gasteiger partial charge on any atom is -0.345 e. The number of carbonyl (C=O) groups is 1. The predicted molar refractivity (Wildman–Crippen MR) is 65.1 cm³/mol. The van der Waals surface area contributed by atoms with Crippen LogP contribution < -0.4 is 5.32 Å². The molecule has 0 aliphatic rings. The second-order valence-corrected chi connectivity index (χ2v) is 4.04. The highest BCUT2D eigenvalue weighted by molar-refractivity contribution is 9.10. The maximum Gasteiger partial charge on any atom is 0.270 e. The highest BCUT2D eigenvalue weighted by Crippen LogP contribution is 2.06. The van der Waals surface area contributed by atoms with Gasteiger partial charge in [0, 0.05) is 6.20 Å². The Morgan fingerprint density at radius 2 is 2.24 bits per heavy atom. The van der Waals surface area contributed by atoms with Crippen molar-refractivity contribution < 1.29 is 4.79 Å². The first-order chi connectivity index (χ1) is 8.25. The van der Waals surface area contributed by atoms with Crippen LogP contribution in [-0.4, -0.2) is 20.9 Å². The first-order valence-corrected chi connectivity index (χ1v) is 5.70. The lowest BCUT2D eigenvalue weighted by molar-refractivity contribution is 0.0945. The summed E-state index contributed by atoms with van der Waals surface area (Å²) in [4.78, 5) is 23.6. The van der Waals surface area contributed by atoms with Crippen molar-refractivity contribution in [1.82, 2.24) is 20.3 Å². The Hall–Kier alpha value is -1.82. The van der Waals surface area contributed by atoms with Crippen molar-refractivity contribution in [2.75, 3.05) is 0 Å². The maximum atomic E-state index is 11.7. The van der Waals surface area contributed by atoms with Gasteiger partial charge in [-0.1, -0.05) is 6.07 Å². The molecule has 2 aromatic rings. The van der Waals surface area contributed by atoms with Crippen LogP contribution in [-0.2, 0) is 6.54 Å². The average Bonchev–Trinajstić information content (AvgIpc) is 2.37. The lowest BCUT2D eigenvalue weighted by Crippen LogP contribution is -2.24. The van der Waals surface area contributed by atoms with Gasteiger partial charge in [0.2, 0.25) is 0 Å². The molecule has 2 heterocycles. The molecule has 2 aromatic heterocycles. The van der Waals surface area contributed by atoms with Gasteiger partial charge in [-0.25, -0.2) is 15.0 Å². The van der Waals surface area contributed by atoms with E-state index in [1.165, 1.54) is 6.33 Å². The van der Waals surface area contributed by atoms with Crippen LogP contribution >= 0.6 is 15.9 Å². The highest BCUT2D eigenvalue weighted by Gasteiger charge is 2.06. The van der Waals surface area contributed by atoms with E-state index in [0.717, 1.165) is 5.69 Å². The van der Waals surface area contributed by atoms with Gasteiger partial charge in [-0.2, -0.15) is 0 Å². The van der Waals surface area contributed by atoms with E-state index in [9.17, 15) is 4.79 Å². The fourth-order valence-electron chi connectivity index (χ4n) is 1.22. The van der Waals surface area contributed by atoms with Crippen LogP contribution in [0, 0.1) is 0 Å². The molecule has 86 valence electrons. The Morgan fingerprint density at radius 3 is 2.94 bits per heavy atom. The van der Waals surface area contributed by atoms with Crippen molar-refractivity contribution in [2.45, 2.75) is 6.54 Å². The number of halogens is 1. The molecule has 6 heteroatoms. The van der Waals surface area contributed by atoms with E-state index in [1.807, 2.05) is 0 Å². The molecular weight excluding hydrogens is 284 g/mol. The van der Waals surface area contributed by atoms with Gasteiger partial charge in [0.05, 0.1) is 12.2 Å². The SMILES string of the molecule is O=C(NCc1ccncn1)c1cccc(Br)n1. The predicted octanol–water partition coefficient (Wildman–Crippen LogP) is 1.56. The van der Waals surface area contributed by atoms with Crippen LogP contribution in [0.25, 0.3) is 0 Å². The van der Waals surface area contributed by atoms with E-state index in [-0.39, 0.29) is 5.91 Å². The Balaban J connectivity index is 1.98. The third-order valence-electron chi connectivity index (χ3n) is 2.02. The van der Waals surface area contributed by atoms with E-state index in [4.69, 9.17) is 0 Å². The summed E-state index contributed by atoms with van der Waals surface area (Å²) < 4.78 is 0.632. The van der Waals surface area contributed by atoms with Crippen LogP contribution in [0.5, 0.6) is 0 Å². The van der Waals surface area contributed by atoms with Crippen molar-refractivity contribution in [2.24, 2.45) is 0 Å². The number of aromatic nitrogens is 3. The zero-order valence-electron chi connectivity index (χ0n) is 8.80. The third-order valence-corrected chi connectivity index (χ3v) is 2.46. The molecule has 2 rings (SSSR count). The van der Waals surface area contributed by atoms with Gasteiger partial charge < -0.3 is 5.32 Å². The summed E-state index contributed by atoms with van der Waals surface area (Å²) in [6, 6.07) is 6.92. The summed E-state index contributed by atoms with van der Waals surface area (Å²) >= 11 is 3.21. The minimum atomic E-state index is -0.232. The monoisotopic (exact) mass is 292 g/mol.